The molecule has 4 nitrogen and oxygen atoms in total. The number of carbonyl (C=O) groups excluding carboxylic acids is 2. The molecule has 0 heterocycles. The lowest BCUT2D eigenvalue weighted by Crippen LogP contribution is -2.39. The van der Waals surface area contributed by atoms with Crippen LogP contribution in [0.2, 0.25) is 0 Å². The predicted octanol–water partition coefficient (Wildman–Crippen LogP) is 6.61. The number of amides is 3. The van der Waals surface area contributed by atoms with E-state index in [4.69, 9.17) is 0 Å². The lowest BCUT2D eigenvalue weighted by molar-refractivity contribution is -0.112. The van der Waals surface area contributed by atoms with Gasteiger partial charge in [0.25, 0.3) is 0 Å². The Morgan fingerprint density at radius 3 is 2.00 bits per heavy atom. The first-order valence-electron chi connectivity index (χ1n) is 10.5. The third-order valence-electron chi connectivity index (χ3n) is 4.99. The molecule has 0 fully saturated rings. The first-order valence-corrected chi connectivity index (χ1v) is 10.5. The van der Waals surface area contributed by atoms with Crippen molar-refractivity contribution in [3.63, 3.8) is 0 Å². The number of hydrogen-bond donors (Lipinski definition) is 1. The Labute approximate surface area is 187 Å². The molecule has 32 heavy (non-hydrogen) atoms. The number of imide groups is 1. The van der Waals surface area contributed by atoms with Crippen molar-refractivity contribution in [3.05, 3.63) is 84.9 Å². The van der Waals surface area contributed by atoms with Crippen molar-refractivity contribution < 1.29 is 9.59 Å². The SMILES string of the molecule is CC(C)(C)C#CC(=O)N(C(=O)Nc1cccc2ccccc12)c1cccc2ccccc12. The molecule has 0 saturated heterocycles. The Morgan fingerprint density at radius 1 is 0.750 bits per heavy atom. The van der Waals surface area contributed by atoms with E-state index in [1.165, 1.54) is 0 Å². The van der Waals surface area contributed by atoms with Gasteiger partial charge in [0.2, 0.25) is 0 Å². The minimum Gasteiger partial charge on any atom is -0.307 e. The van der Waals surface area contributed by atoms with Crippen molar-refractivity contribution in [3.8, 4) is 11.8 Å². The lowest BCUT2D eigenvalue weighted by atomic mass is 9.98. The van der Waals surface area contributed by atoms with E-state index in [2.05, 4.69) is 17.2 Å². The Morgan fingerprint density at radius 2 is 1.31 bits per heavy atom. The van der Waals surface area contributed by atoms with Crippen LogP contribution >= 0.6 is 0 Å². The molecular weight excluding hydrogens is 396 g/mol. The molecule has 0 atom stereocenters. The number of nitrogens with zero attached hydrogens (tertiary/aromatic N) is 1. The van der Waals surface area contributed by atoms with E-state index in [0.29, 0.717) is 11.4 Å². The van der Waals surface area contributed by atoms with Gasteiger partial charge in [0, 0.05) is 16.2 Å². The highest BCUT2D eigenvalue weighted by molar-refractivity contribution is 6.27. The highest BCUT2D eigenvalue weighted by Crippen LogP contribution is 2.29. The van der Waals surface area contributed by atoms with Crippen LogP contribution in [-0.2, 0) is 4.79 Å². The summed E-state index contributed by atoms with van der Waals surface area (Å²) in [5.74, 6) is 5.04. The van der Waals surface area contributed by atoms with Crippen LogP contribution in [0.15, 0.2) is 84.9 Å². The van der Waals surface area contributed by atoms with E-state index in [0.717, 1.165) is 26.4 Å². The first-order chi connectivity index (χ1) is 15.3. The van der Waals surface area contributed by atoms with Crippen molar-refractivity contribution >= 4 is 44.9 Å². The van der Waals surface area contributed by atoms with Crippen molar-refractivity contribution in [2.45, 2.75) is 20.8 Å². The molecule has 0 aliphatic carbocycles. The summed E-state index contributed by atoms with van der Waals surface area (Å²) in [4.78, 5) is 27.8. The van der Waals surface area contributed by atoms with Crippen LogP contribution in [0.1, 0.15) is 20.8 Å². The van der Waals surface area contributed by atoms with Crippen molar-refractivity contribution in [1.82, 2.24) is 0 Å². The van der Waals surface area contributed by atoms with Gasteiger partial charge in [0.05, 0.1) is 11.4 Å². The maximum absolute atomic E-state index is 13.5. The molecule has 0 saturated carbocycles. The number of benzene rings is 4. The largest absolute Gasteiger partial charge is 0.334 e. The summed E-state index contributed by atoms with van der Waals surface area (Å²) in [5, 5.41) is 6.56. The Kier molecular flexibility index (Phi) is 5.66. The fraction of sp³-hybridized carbons (Fsp3) is 0.143. The van der Waals surface area contributed by atoms with E-state index in [1.807, 2.05) is 99.6 Å². The van der Waals surface area contributed by atoms with Crippen molar-refractivity contribution in [1.29, 1.82) is 0 Å². The molecule has 3 amide bonds. The molecule has 0 unspecified atom stereocenters. The van der Waals surface area contributed by atoms with Gasteiger partial charge in [-0.05, 0) is 49.6 Å². The number of carbonyl (C=O) groups is 2. The fourth-order valence-corrected chi connectivity index (χ4v) is 3.52. The van der Waals surface area contributed by atoms with Gasteiger partial charge >= 0.3 is 11.9 Å². The van der Waals surface area contributed by atoms with Crippen LogP contribution in [0.5, 0.6) is 0 Å². The maximum atomic E-state index is 13.5. The molecule has 0 spiro atoms. The monoisotopic (exact) mass is 420 g/mol. The van der Waals surface area contributed by atoms with E-state index in [1.54, 1.807) is 6.07 Å². The second-order valence-electron chi connectivity index (χ2n) is 8.60. The highest BCUT2D eigenvalue weighted by Gasteiger charge is 2.25. The summed E-state index contributed by atoms with van der Waals surface area (Å²) in [7, 11) is 0. The molecule has 0 aliphatic rings. The number of hydrogen-bond acceptors (Lipinski definition) is 2. The van der Waals surface area contributed by atoms with Crippen LogP contribution in [0, 0.1) is 17.3 Å². The van der Waals surface area contributed by atoms with Crippen LogP contribution in [-0.4, -0.2) is 11.9 Å². The average Bonchev–Trinajstić information content (AvgIpc) is 2.78. The van der Waals surface area contributed by atoms with Gasteiger partial charge in [0.15, 0.2) is 0 Å². The van der Waals surface area contributed by atoms with Crippen LogP contribution < -0.4 is 10.2 Å². The van der Waals surface area contributed by atoms with Gasteiger partial charge < -0.3 is 5.32 Å². The summed E-state index contributed by atoms with van der Waals surface area (Å²) >= 11 is 0. The molecule has 0 radical (unpaired) electrons. The van der Waals surface area contributed by atoms with Crippen molar-refractivity contribution in [2.24, 2.45) is 5.41 Å². The van der Waals surface area contributed by atoms with Gasteiger partial charge in [-0.15, -0.1) is 0 Å². The number of nitrogens with one attached hydrogen (secondary N) is 1. The number of anilines is 2. The molecule has 158 valence electrons. The normalized spacial score (nSPS) is 11.0. The van der Waals surface area contributed by atoms with Crippen LogP contribution in [0.4, 0.5) is 16.2 Å². The smallest absolute Gasteiger partial charge is 0.307 e. The molecule has 4 aromatic carbocycles. The standard InChI is InChI=1S/C28H24N2O2/c1-28(2,3)19-18-26(31)30(25-17-9-13-21-11-5-7-15-23(21)25)27(32)29-24-16-8-12-20-10-4-6-14-22(20)24/h4-17H,1-3H3,(H,29,32). The highest BCUT2D eigenvalue weighted by atomic mass is 16.2. The topological polar surface area (TPSA) is 49.4 Å². The van der Waals surface area contributed by atoms with E-state index < -0.39 is 11.9 Å². The molecule has 4 heteroatoms. The maximum Gasteiger partial charge on any atom is 0.334 e. The minimum atomic E-state index is -0.575. The first kappa shape index (κ1) is 21.1. The second kappa shape index (κ2) is 8.56. The molecular formula is C28H24N2O2. The van der Waals surface area contributed by atoms with Gasteiger partial charge in [-0.3, -0.25) is 4.79 Å². The van der Waals surface area contributed by atoms with Gasteiger partial charge in [-0.1, -0.05) is 78.7 Å². The van der Waals surface area contributed by atoms with Crippen LogP contribution in [0.25, 0.3) is 21.5 Å². The summed E-state index contributed by atoms with van der Waals surface area (Å²) in [5.41, 5.74) is 0.760. The Bertz CT molecular complexity index is 1380. The molecule has 0 bridgehead atoms. The quantitative estimate of drug-likeness (QED) is 0.371. The summed E-state index contributed by atoms with van der Waals surface area (Å²) in [6.07, 6.45) is 0. The third kappa shape index (κ3) is 4.48. The average molecular weight is 421 g/mol. The number of rotatable bonds is 2. The van der Waals surface area contributed by atoms with Crippen molar-refractivity contribution in [2.75, 3.05) is 10.2 Å². The zero-order valence-electron chi connectivity index (χ0n) is 18.3. The molecule has 4 aromatic rings. The minimum absolute atomic E-state index is 0.369. The predicted molar refractivity (Wildman–Crippen MR) is 132 cm³/mol. The number of fused-ring (bicyclic) bond motifs is 2. The Hall–Kier alpha value is -4.10. The molecule has 1 N–H and O–H groups in total. The van der Waals surface area contributed by atoms with Gasteiger partial charge in [-0.25, -0.2) is 9.69 Å². The third-order valence-corrected chi connectivity index (χ3v) is 4.99. The fourth-order valence-electron chi connectivity index (χ4n) is 3.52. The second-order valence-corrected chi connectivity index (χ2v) is 8.60. The summed E-state index contributed by atoms with van der Waals surface area (Å²) < 4.78 is 0. The van der Waals surface area contributed by atoms with Gasteiger partial charge in [-0.2, -0.15) is 0 Å². The van der Waals surface area contributed by atoms with E-state index >= 15 is 0 Å². The van der Waals surface area contributed by atoms with E-state index in [9.17, 15) is 9.59 Å². The number of urea groups is 1. The van der Waals surface area contributed by atoms with Crippen LogP contribution in [0.3, 0.4) is 0 Å². The lowest BCUT2D eigenvalue weighted by Gasteiger charge is -2.21. The van der Waals surface area contributed by atoms with E-state index in [-0.39, 0.29) is 5.41 Å². The summed E-state index contributed by atoms with van der Waals surface area (Å²) in [6, 6.07) is 26.1. The van der Waals surface area contributed by atoms with Gasteiger partial charge in [0.1, 0.15) is 0 Å². The molecule has 0 aliphatic heterocycles. The zero-order valence-corrected chi connectivity index (χ0v) is 18.3. The zero-order chi connectivity index (χ0) is 22.7. The summed E-state index contributed by atoms with van der Waals surface area (Å²) in [6.45, 7) is 5.77. The molecule has 4 rings (SSSR count). The Balaban J connectivity index is 1.80. The molecule has 0 aromatic heterocycles.